The maximum Gasteiger partial charge on any atom is 0.253 e. The van der Waals surface area contributed by atoms with Gasteiger partial charge in [0.1, 0.15) is 5.76 Å². The second-order valence-electron chi connectivity index (χ2n) is 6.50. The van der Waals surface area contributed by atoms with Crippen molar-refractivity contribution >= 4 is 50.9 Å². The van der Waals surface area contributed by atoms with Crippen molar-refractivity contribution in [1.29, 1.82) is 0 Å². The van der Waals surface area contributed by atoms with Crippen LogP contribution in [-0.4, -0.2) is 43.6 Å². The van der Waals surface area contributed by atoms with E-state index in [1.165, 1.54) is 31.2 Å². The molecule has 1 aliphatic heterocycles. The quantitative estimate of drug-likeness (QED) is 0.714. The lowest BCUT2D eigenvalue weighted by Crippen LogP contribution is -2.33. The number of benzene rings is 1. The van der Waals surface area contributed by atoms with Crippen molar-refractivity contribution in [3.05, 3.63) is 40.6 Å². The van der Waals surface area contributed by atoms with Crippen molar-refractivity contribution < 1.29 is 27.3 Å². The van der Waals surface area contributed by atoms with Crippen molar-refractivity contribution in [3.8, 4) is 0 Å². The first-order valence-corrected chi connectivity index (χ1v) is 10.4. The van der Waals surface area contributed by atoms with Gasteiger partial charge in [0.2, 0.25) is 21.8 Å². The van der Waals surface area contributed by atoms with Crippen molar-refractivity contribution in [3.63, 3.8) is 0 Å². The first kappa shape index (κ1) is 20.8. The number of hydrogen-bond donors (Lipinski definition) is 2. The van der Waals surface area contributed by atoms with E-state index in [1.54, 1.807) is 6.92 Å². The Morgan fingerprint density at radius 1 is 1.34 bits per heavy atom. The maximum atomic E-state index is 12.3. The highest BCUT2D eigenvalue weighted by Crippen LogP contribution is 2.31. The molecule has 0 radical (unpaired) electrons. The van der Waals surface area contributed by atoms with E-state index < -0.39 is 33.7 Å². The molecule has 0 bridgehead atoms. The number of anilines is 2. The van der Waals surface area contributed by atoms with E-state index in [0.29, 0.717) is 10.1 Å². The zero-order valence-corrected chi connectivity index (χ0v) is 17.0. The van der Waals surface area contributed by atoms with Gasteiger partial charge in [-0.05, 0) is 25.1 Å². The topological polar surface area (TPSA) is 139 Å². The monoisotopic (exact) mass is 440 g/mol. The number of halogens is 1. The van der Waals surface area contributed by atoms with Gasteiger partial charge in [0.05, 0.1) is 34.5 Å². The third-order valence-corrected chi connectivity index (χ3v) is 6.28. The standard InChI is InChI=1S/C17H17ClN4O6S/c1-9-8-29(26,27)22(17(9)25)11-3-4-12(13(18)6-11)16(24)19-7-15(23)20-14-5-10(2)28-21-14/h3-6,9H,7-8H2,1-2H3,(H,19,24)(H,20,21,23). The molecule has 29 heavy (non-hydrogen) atoms. The molecule has 1 unspecified atom stereocenters. The van der Waals surface area contributed by atoms with E-state index in [2.05, 4.69) is 15.8 Å². The number of nitrogens with one attached hydrogen (secondary N) is 2. The van der Waals surface area contributed by atoms with Gasteiger partial charge >= 0.3 is 0 Å². The van der Waals surface area contributed by atoms with E-state index in [9.17, 15) is 22.8 Å². The lowest BCUT2D eigenvalue weighted by Gasteiger charge is -2.16. The molecule has 1 saturated heterocycles. The minimum atomic E-state index is -3.78. The molecule has 10 nitrogen and oxygen atoms in total. The lowest BCUT2D eigenvalue weighted by atomic mass is 10.1. The summed E-state index contributed by atoms with van der Waals surface area (Å²) in [6, 6.07) is 5.34. The van der Waals surface area contributed by atoms with Crippen molar-refractivity contribution in [2.24, 2.45) is 5.92 Å². The van der Waals surface area contributed by atoms with Gasteiger partial charge in [-0.15, -0.1) is 0 Å². The van der Waals surface area contributed by atoms with Crippen LogP contribution < -0.4 is 14.9 Å². The Hall–Kier alpha value is -2.92. The second kappa shape index (κ2) is 7.84. The fourth-order valence-corrected chi connectivity index (χ4v) is 4.84. The van der Waals surface area contributed by atoms with Gasteiger partial charge in [-0.25, -0.2) is 12.7 Å². The Morgan fingerprint density at radius 2 is 2.07 bits per heavy atom. The molecule has 154 valence electrons. The van der Waals surface area contributed by atoms with Crippen LogP contribution in [0.1, 0.15) is 23.0 Å². The summed E-state index contributed by atoms with van der Waals surface area (Å²) in [5.41, 5.74) is 0.0811. The first-order valence-electron chi connectivity index (χ1n) is 8.46. The minimum absolute atomic E-state index is 0.0255. The van der Waals surface area contributed by atoms with Gasteiger partial charge < -0.3 is 15.2 Å². The number of aromatic nitrogens is 1. The Labute approximate surface area is 171 Å². The van der Waals surface area contributed by atoms with Gasteiger partial charge in [-0.2, -0.15) is 0 Å². The summed E-state index contributed by atoms with van der Waals surface area (Å²) in [4.78, 5) is 36.3. The summed E-state index contributed by atoms with van der Waals surface area (Å²) in [7, 11) is -3.78. The average Bonchev–Trinajstić information content (AvgIpc) is 3.12. The lowest BCUT2D eigenvalue weighted by molar-refractivity contribution is -0.119. The number of carbonyl (C=O) groups is 3. The van der Waals surface area contributed by atoms with E-state index in [0.717, 1.165) is 0 Å². The van der Waals surface area contributed by atoms with Crippen molar-refractivity contribution in [1.82, 2.24) is 10.5 Å². The average molecular weight is 441 g/mol. The number of hydrogen-bond acceptors (Lipinski definition) is 7. The molecule has 1 atom stereocenters. The van der Waals surface area contributed by atoms with Crippen molar-refractivity contribution in [2.75, 3.05) is 21.9 Å². The molecular formula is C17H17ClN4O6S. The fraction of sp³-hybridized carbons (Fsp3) is 0.294. The van der Waals surface area contributed by atoms with Gasteiger partial charge in [-0.1, -0.05) is 23.7 Å². The third-order valence-electron chi connectivity index (χ3n) is 4.10. The normalized spacial score (nSPS) is 18.0. The van der Waals surface area contributed by atoms with Crippen LogP contribution in [0.2, 0.25) is 5.02 Å². The predicted octanol–water partition coefficient (Wildman–Crippen LogP) is 1.32. The van der Waals surface area contributed by atoms with Crippen LogP contribution in [-0.2, 0) is 19.6 Å². The van der Waals surface area contributed by atoms with Gasteiger partial charge in [0.25, 0.3) is 5.91 Å². The molecule has 0 aliphatic carbocycles. The molecule has 12 heteroatoms. The van der Waals surface area contributed by atoms with Crippen molar-refractivity contribution in [2.45, 2.75) is 13.8 Å². The maximum absolute atomic E-state index is 12.3. The largest absolute Gasteiger partial charge is 0.360 e. The summed E-state index contributed by atoms with van der Waals surface area (Å²) in [6.07, 6.45) is 0. The Kier molecular flexibility index (Phi) is 5.62. The van der Waals surface area contributed by atoms with E-state index >= 15 is 0 Å². The number of amides is 3. The molecular weight excluding hydrogens is 424 g/mol. The molecule has 2 aromatic rings. The number of rotatable bonds is 5. The fourth-order valence-electron chi connectivity index (χ4n) is 2.77. The molecule has 1 aliphatic rings. The Bertz CT molecular complexity index is 1100. The predicted molar refractivity (Wildman–Crippen MR) is 104 cm³/mol. The van der Waals surface area contributed by atoms with E-state index in [1.807, 2.05) is 0 Å². The number of sulfonamides is 1. The first-order chi connectivity index (χ1) is 13.6. The van der Waals surface area contributed by atoms with Crippen LogP contribution in [0.15, 0.2) is 28.8 Å². The smallest absolute Gasteiger partial charge is 0.253 e. The summed E-state index contributed by atoms with van der Waals surface area (Å²) in [5.74, 6) is -1.93. The highest BCUT2D eigenvalue weighted by molar-refractivity contribution is 7.94. The van der Waals surface area contributed by atoms with Crippen LogP contribution >= 0.6 is 11.6 Å². The van der Waals surface area contributed by atoms with Crippen LogP contribution in [0.25, 0.3) is 0 Å². The molecule has 1 fully saturated rings. The van der Waals surface area contributed by atoms with Crippen LogP contribution in [0.3, 0.4) is 0 Å². The number of carbonyl (C=O) groups excluding carboxylic acids is 3. The molecule has 0 spiro atoms. The SMILES string of the molecule is Cc1cc(NC(=O)CNC(=O)c2ccc(N3C(=O)C(C)CS3(=O)=O)cc2Cl)no1. The molecule has 3 rings (SSSR count). The summed E-state index contributed by atoms with van der Waals surface area (Å²) >= 11 is 6.11. The van der Waals surface area contributed by atoms with Crippen LogP contribution in [0.5, 0.6) is 0 Å². The zero-order chi connectivity index (χ0) is 21.3. The van der Waals surface area contributed by atoms with Gasteiger partial charge in [-0.3, -0.25) is 14.4 Å². The highest BCUT2D eigenvalue weighted by atomic mass is 35.5. The van der Waals surface area contributed by atoms with E-state index in [-0.39, 0.29) is 34.4 Å². The summed E-state index contributed by atoms with van der Waals surface area (Å²) in [5, 5.41) is 8.38. The second-order valence-corrected chi connectivity index (χ2v) is 8.77. The number of aryl methyl sites for hydroxylation is 1. The summed E-state index contributed by atoms with van der Waals surface area (Å²) in [6.45, 7) is 2.84. The molecule has 1 aromatic carbocycles. The Morgan fingerprint density at radius 3 is 2.62 bits per heavy atom. The highest BCUT2D eigenvalue weighted by Gasteiger charge is 2.42. The molecule has 0 saturated carbocycles. The van der Waals surface area contributed by atoms with Crippen LogP contribution in [0, 0.1) is 12.8 Å². The molecule has 3 amide bonds. The third kappa shape index (κ3) is 4.40. The van der Waals surface area contributed by atoms with Gasteiger partial charge in [0.15, 0.2) is 5.82 Å². The number of nitrogens with zero attached hydrogens (tertiary/aromatic N) is 2. The zero-order valence-electron chi connectivity index (χ0n) is 15.4. The summed E-state index contributed by atoms with van der Waals surface area (Å²) < 4.78 is 29.8. The molecule has 2 N–H and O–H groups in total. The van der Waals surface area contributed by atoms with E-state index in [4.69, 9.17) is 16.1 Å². The molecule has 1 aromatic heterocycles. The van der Waals surface area contributed by atoms with Crippen LogP contribution in [0.4, 0.5) is 11.5 Å². The Balaban J connectivity index is 1.67. The van der Waals surface area contributed by atoms with Gasteiger partial charge in [0, 0.05) is 6.07 Å². The minimum Gasteiger partial charge on any atom is -0.360 e. The molecule has 2 heterocycles.